The summed E-state index contributed by atoms with van der Waals surface area (Å²) in [5.41, 5.74) is 0. The molecule has 0 aliphatic rings. The summed E-state index contributed by atoms with van der Waals surface area (Å²) in [4.78, 5) is 11.1. The molecule has 1 unspecified atom stereocenters. The second-order valence-electron chi connectivity index (χ2n) is 3.64. The van der Waals surface area contributed by atoms with Crippen LogP contribution in [0.1, 0.15) is 46.5 Å². The highest BCUT2D eigenvalue weighted by atomic mass is 16.5. The standard InChI is InChI=1S/C11H23NO2/c1-4-6-8-14-11(13)9-12-10(3)7-5-2/h10,12H,4-9H2,1-3H3. The topological polar surface area (TPSA) is 38.3 Å². The van der Waals surface area contributed by atoms with Crippen LogP contribution < -0.4 is 5.32 Å². The normalized spacial score (nSPS) is 12.5. The summed E-state index contributed by atoms with van der Waals surface area (Å²) in [6.07, 6.45) is 4.25. The SMILES string of the molecule is CCCCOC(=O)CNC(C)CCC. The first kappa shape index (κ1) is 13.4. The lowest BCUT2D eigenvalue weighted by atomic mass is 10.2. The van der Waals surface area contributed by atoms with Crippen molar-refractivity contribution in [2.75, 3.05) is 13.2 Å². The fourth-order valence-corrected chi connectivity index (χ4v) is 1.17. The van der Waals surface area contributed by atoms with E-state index in [1.54, 1.807) is 0 Å². The second kappa shape index (κ2) is 9.00. The minimum atomic E-state index is -0.138. The first-order valence-electron chi connectivity index (χ1n) is 5.59. The van der Waals surface area contributed by atoms with E-state index in [1.165, 1.54) is 0 Å². The number of ether oxygens (including phenoxy) is 1. The average Bonchev–Trinajstić information content (AvgIpc) is 2.16. The van der Waals surface area contributed by atoms with Crippen LogP contribution in [0.25, 0.3) is 0 Å². The number of esters is 1. The van der Waals surface area contributed by atoms with Gasteiger partial charge in [0.15, 0.2) is 0 Å². The second-order valence-corrected chi connectivity index (χ2v) is 3.64. The molecule has 0 bridgehead atoms. The average molecular weight is 201 g/mol. The van der Waals surface area contributed by atoms with Crippen molar-refractivity contribution in [2.45, 2.75) is 52.5 Å². The van der Waals surface area contributed by atoms with Crippen LogP contribution in [0.5, 0.6) is 0 Å². The van der Waals surface area contributed by atoms with Gasteiger partial charge in [0.25, 0.3) is 0 Å². The Bertz CT molecular complexity index is 148. The Hall–Kier alpha value is -0.570. The molecule has 0 amide bonds. The largest absolute Gasteiger partial charge is 0.465 e. The summed E-state index contributed by atoms with van der Waals surface area (Å²) < 4.78 is 5.01. The van der Waals surface area contributed by atoms with E-state index in [2.05, 4.69) is 26.1 Å². The van der Waals surface area contributed by atoms with Crippen LogP contribution in [-0.4, -0.2) is 25.2 Å². The van der Waals surface area contributed by atoms with Gasteiger partial charge in [-0.2, -0.15) is 0 Å². The van der Waals surface area contributed by atoms with Crippen molar-refractivity contribution in [1.29, 1.82) is 0 Å². The number of carbonyl (C=O) groups is 1. The van der Waals surface area contributed by atoms with Crippen LogP contribution in [0.2, 0.25) is 0 Å². The highest BCUT2D eigenvalue weighted by Gasteiger charge is 2.04. The Kier molecular flexibility index (Phi) is 8.64. The van der Waals surface area contributed by atoms with Gasteiger partial charge in [-0.3, -0.25) is 4.79 Å². The van der Waals surface area contributed by atoms with Gasteiger partial charge in [-0.25, -0.2) is 0 Å². The fourth-order valence-electron chi connectivity index (χ4n) is 1.17. The van der Waals surface area contributed by atoms with E-state index in [9.17, 15) is 4.79 Å². The van der Waals surface area contributed by atoms with Gasteiger partial charge in [0.2, 0.25) is 0 Å². The molecule has 1 N–H and O–H groups in total. The molecular weight excluding hydrogens is 178 g/mol. The molecule has 1 atom stereocenters. The fraction of sp³-hybridized carbons (Fsp3) is 0.909. The van der Waals surface area contributed by atoms with Crippen molar-refractivity contribution in [3.8, 4) is 0 Å². The maximum Gasteiger partial charge on any atom is 0.319 e. The monoisotopic (exact) mass is 201 g/mol. The quantitative estimate of drug-likeness (QED) is 0.483. The molecule has 3 heteroatoms. The minimum Gasteiger partial charge on any atom is -0.465 e. The Morgan fingerprint density at radius 1 is 1.36 bits per heavy atom. The van der Waals surface area contributed by atoms with Crippen molar-refractivity contribution < 1.29 is 9.53 Å². The van der Waals surface area contributed by atoms with E-state index < -0.39 is 0 Å². The third-order valence-corrected chi connectivity index (χ3v) is 2.08. The summed E-state index contributed by atoms with van der Waals surface area (Å²) in [5.74, 6) is -0.138. The Morgan fingerprint density at radius 2 is 2.07 bits per heavy atom. The molecule has 0 saturated heterocycles. The minimum absolute atomic E-state index is 0.138. The van der Waals surface area contributed by atoms with E-state index in [-0.39, 0.29) is 5.97 Å². The van der Waals surface area contributed by atoms with Gasteiger partial charge in [0.05, 0.1) is 13.2 Å². The van der Waals surface area contributed by atoms with E-state index in [1.807, 2.05) is 0 Å². The number of hydrogen-bond donors (Lipinski definition) is 1. The smallest absolute Gasteiger partial charge is 0.319 e. The number of rotatable bonds is 8. The summed E-state index contributed by atoms with van der Waals surface area (Å²) in [6.45, 7) is 7.19. The van der Waals surface area contributed by atoms with Crippen LogP contribution in [-0.2, 0) is 9.53 Å². The highest BCUT2D eigenvalue weighted by molar-refractivity contribution is 5.71. The maximum atomic E-state index is 11.1. The van der Waals surface area contributed by atoms with Crippen molar-refractivity contribution in [3.05, 3.63) is 0 Å². The number of hydrogen-bond acceptors (Lipinski definition) is 3. The summed E-state index contributed by atoms with van der Waals surface area (Å²) >= 11 is 0. The van der Waals surface area contributed by atoms with Gasteiger partial charge in [0, 0.05) is 6.04 Å². The Balaban J connectivity index is 3.34. The summed E-state index contributed by atoms with van der Waals surface area (Å²) in [6, 6.07) is 0.402. The first-order valence-corrected chi connectivity index (χ1v) is 5.59. The van der Waals surface area contributed by atoms with Gasteiger partial charge >= 0.3 is 5.97 Å². The highest BCUT2D eigenvalue weighted by Crippen LogP contribution is 1.94. The lowest BCUT2D eigenvalue weighted by molar-refractivity contribution is -0.142. The van der Waals surface area contributed by atoms with Crippen LogP contribution in [0.3, 0.4) is 0 Å². The third kappa shape index (κ3) is 8.05. The molecule has 0 aromatic carbocycles. The van der Waals surface area contributed by atoms with E-state index in [4.69, 9.17) is 4.74 Å². The van der Waals surface area contributed by atoms with Crippen LogP contribution in [0.15, 0.2) is 0 Å². The zero-order chi connectivity index (χ0) is 10.8. The van der Waals surface area contributed by atoms with Gasteiger partial charge in [0.1, 0.15) is 0 Å². The van der Waals surface area contributed by atoms with Crippen LogP contribution in [0.4, 0.5) is 0 Å². The van der Waals surface area contributed by atoms with Crippen molar-refractivity contribution in [2.24, 2.45) is 0 Å². The predicted octanol–water partition coefficient (Wildman–Crippen LogP) is 2.11. The molecule has 3 nitrogen and oxygen atoms in total. The molecular formula is C11H23NO2. The van der Waals surface area contributed by atoms with Crippen molar-refractivity contribution in [1.82, 2.24) is 5.32 Å². The molecule has 0 heterocycles. The first-order chi connectivity index (χ1) is 6.70. The van der Waals surface area contributed by atoms with E-state index in [0.29, 0.717) is 19.2 Å². The number of carbonyl (C=O) groups excluding carboxylic acids is 1. The molecule has 0 spiro atoms. The molecule has 14 heavy (non-hydrogen) atoms. The Labute approximate surface area is 87.2 Å². The van der Waals surface area contributed by atoms with Crippen LogP contribution in [0, 0.1) is 0 Å². The van der Waals surface area contributed by atoms with E-state index >= 15 is 0 Å². The number of unbranched alkanes of at least 4 members (excludes halogenated alkanes) is 1. The maximum absolute atomic E-state index is 11.1. The molecule has 0 aliphatic carbocycles. The van der Waals surface area contributed by atoms with Gasteiger partial charge in [-0.1, -0.05) is 26.7 Å². The van der Waals surface area contributed by atoms with Crippen molar-refractivity contribution >= 4 is 5.97 Å². The van der Waals surface area contributed by atoms with Crippen molar-refractivity contribution in [3.63, 3.8) is 0 Å². The predicted molar refractivity (Wildman–Crippen MR) is 58.2 cm³/mol. The molecule has 0 radical (unpaired) electrons. The van der Waals surface area contributed by atoms with Gasteiger partial charge in [-0.05, 0) is 19.8 Å². The molecule has 0 rings (SSSR count). The zero-order valence-electron chi connectivity index (χ0n) is 9.64. The number of nitrogens with one attached hydrogen (secondary N) is 1. The lowest BCUT2D eigenvalue weighted by Gasteiger charge is -2.11. The summed E-state index contributed by atoms with van der Waals surface area (Å²) in [5, 5.41) is 3.14. The van der Waals surface area contributed by atoms with Gasteiger partial charge in [-0.15, -0.1) is 0 Å². The Morgan fingerprint density at radius 3 is 2.64 bits per heavy atom. The molecule has 84 valence electrons. The molecule has 0 aromatic rings. The van der Waals surface area contributed by atoms with E-state index in [0.717, 1.165) is 25.7 Å². The molecule has 0 aliphatic heterocycles. The molecule has 0 aromatic heterocycles. The van der Waals surface area contributed by atoms with Crippen LogP contribution >= 0.6 is 0 Å². The zero-order valence-corrected chi connectivity index (χ0v) is 9.64. The summed E-state index contributed by atoms with van der Waals surface area (Å²) in [7, 11) is 0. The molecule has 0 saturated carbocycles. The molecule has 0 fully saturated rings. The third-order valence-electron chi connectivity index (χ3n) is 2.08. The lowest BCUT2D eigenvalue weighted by Crippen LogP contribution is -2.32. The van der Waals surface area contributed by atoms with Gasteiger partial charge < -0.3 is 10.1 Å².